The number of halogens is 1. The number of fused-ring (bicyclic) bond motifs is 1. The number of ketones is 1. The van der Waals surface area contributed by atoms with Crippen LogP contribution >= 0.6 is 22.9 Å². The average Bonchev–Trinajstić information content (AvgIpc) is 3.28. The number of thiophene rings is 1. The molecule has 0 atom stereocenters. The van der Waals surface area contributed by atoms with E-state index in [1.54, 1.807) is 50.4 Å². The van der Waals surface area contributed by atoms with Crippen LogP contribution in [0.15, 0.2) is 78.9 Å². The molecule has 0 fully saturated rings. The maximum Gasteiger partial charge on any atom is 0.341 e. The van der Waals surface area contributed by atoms with Gasteiger partial charge < -0.3 is 15.2 Å². The highest BCUT2D eigenvalue weighted by atomic mass is 35.5. The fourth-order valence-corrected chi connectivity index (χ4v) is 5.50. The van der Waals surface area contributed by atoms with Crippen molar-refractivity contribution in [2.45, 2.75) is 6.92 Å². The Labute approximate surface area is 228 Å². The number of hydrogen-bond donors (Lipinski definition) is 1. The first kappa shape index (κ1) is 25.4. The van der Waals surface area contributed by atoms with Crippen molar-refractivity contribution in [3.05, 3.63) is 99.9 Å². The number of rotatable bonds is 7. The predicted molar refractivity (Wildman–Crippen MR) is 152 cm³/mol. The van der Waals surface area contributed by atoms with Crippen molar-refractivity contribution in [1.82, 2.24) is 4.98 Å². The molecule has 6 nitrogen and oxygen atoms in total. The van der Waals surface area contributed by atoms with Crippen LogP contribution in [0.25, 0.3) is 32.6 Å². The molecule has 0 bridgehead atoms. The quantitative estimate of drug-likeness (QED) is 0.171. The number of methoxy groups -OCH3 is 1. The van der Waals surface area contributed by atoms with Gasteiger partial charge in [-0.05, 0) is 48.9 Å². The van der Waals surface area contributed by atoms with E-state index in [4.69, 9.17) is 31.8 Å². The number of aromatic nitrogens is 1. The average molecular weight is 543 g/mol. The Balaban J connectivity index is 1.86. The molecule has 2 heterocycles. The van der Waals surface area contributed by atoms with Crippen LogP contribution in [0.1, 0.15) is 32.5 Å². The molecule has 0 unspecified atom stereocenters. The summed E-state index contributed by atoms with van der Waals surface area (Å²) in [5, 5.41) is 1.06. The predicted octanol–water partition coefficient (Wildman–Crippen LogP) is 7.28. The summed E-state index contributed by atoms with van der Waals surface area (Å²) in [4.78, 5) is 32.8. The Morgan fingerprint density at radius 3 is 2.26 bits per heavy atom. The normalized spacial score (nSPS) is 10.9. The van der Waals surface area contributed by atoms with Crippen LogP contribution < -0.4 is 10.5 Å². The SMILES string of the molecule is CCOC(=O)c1c(-c2ccccc2)nc2sc(C(=O)c3ccc(Cl)cc3)c(N)c2c1-c1ccc(OC)cc1. The van der Waals surface area contributed by atoms with Crippen LogP contribution in [-0.4, -0.2) is 30.5 Å². The molecule has 8 heteroatoms. The van der Waals surface area contributed by atoms with Crippen molar-refractivity contribution in [2.75, 3.05) is 19.5 Å². The van der Waals surface area contributed by atoms with Gasteiger partial charge in [-0.1, -0.05) is 54.1 Å². The highest BCUT2D eigenvalue weighted by Crippen LogP contribution is 2.45. The first-order chi connectivity index (χ1) is 18.4. The molecule has 0 aliphatic heterocycles. The minimum absolute atomic E-state index is 0.187. The number of carbonyl (C=O) groups excluding carboxylic acids is 2. The molecule has 0 aliphatic carbocycles. The summed E-state index contributed by atoms with van der Waals surface area (Å²) in [7, 11) is 1.59. The van der Waals surface area contributed by atoms with Gasteiger partial charge in [0, 0.05) is 27.1 Å². The molecule has 0 aliphatic rings. The molecule has 0 radical (unpaired) electrons. The van der Waals surface area contributed by atoms with Gasteiger partial charge in [0.2, 0.25) is 5.78 Å². The van der Waals surface area contributed by atoms with E-state index in [9.17, 15) is 9.59 Å². The maximum atomic E-state index is 13.5. The third kappa shape index (κ3) is 4.62. The molecule has 2 N–H and O–H groups in total. The van der Waals surface area contributed by atoms with Gasteiger partial charge in [-0.3, -0.25) is 4.79 Å². The second-order valence-corrected chi connectivity index (χ2v) is 9.82. The van der Waals surface area contributed by atoms with Crippen LogP contribution in [-0.2, 0) is 4.74 Å². The zero-order chi connectivity index (χ0) is 26.8. The number of nitrogen functional groups attached to an aromatic ring is 1. The second-order valence-electron chi connectivity index (χ2n) is 8.39. The van der Waals surface area contributed by atoms with E-state index in [-0.39, 0.29) is 23.6 Å². The van der Waals surface area contributed by atoms with Crippen molar-refractivity contribution >= 4 is 50.6 Å². The van der Waals surface area contributed by atoms with Gasteiger partial charge in [0.05, 0.1) is 30.7 Å². The molecular weight excluding hydrogens is 520 g/mol. The summed E-state index contributed by atoms with van der Waals surface area (Å²) in [5.41, 5.74) is 10.1. The van der Waals surface area contributed by atoms with Gasteiger partial charge in [-0.25, -0.2) is 9.78 Å². The molecule has 190 valence electrons. The van der Waals surface area contributed by atoms with Gasteiger partial charge >= 0.3 is 5.97 Å². The van der Waals surface area contributed by atoms with Crippen molar-refractivity contribution < 1.29 is 19.1 Å². The number of esters is 1. The van der Waals surface area contributed by atoms with Crippen molar-refractivity contribution in [3.8, 4) is 28.1 Å². The Kier molecular flexibility index (Phi) is 7.13. The molecule has 0 saturated heterocycles. The summed E-state index contributed by atoms with van der Waals surface area (Å²) in [6.07, 6.45) is 0. The van der Waals surface area contributed by atoms with E-state index in [0.29, 0.717) is 48.3 Å². The summed E-state index contributed by atoms with van der Waals surface area (Å²) >= 11 is 7.22. The van der Waals surface area contributed by atoms with Crippen LogP contribution in [0.2, 0.25) is 5.02 Å². The molecule has 5 aromatic rings. The second kappa shape index (κ2) is 10.7. The molecule has 38 heavy (non-hydrogen) atoms. The van der Waals surface area contributed by atoms with Gasteiger partial charge in [0.15, 0.2) is 0 Å². The third-order valence-corrected chi connectivity index (χ3v) is 7.45. The first-order valence-corrected chi connectivity index (χ1v) is 13.1. The van der Waals surface area contributed by atoms with Crippen molar-refractivity contribution in [3.63, 3.8) is 0 Å². The van der Waals surface area contributed by atoms with Gasteiger partial charge in [-0.2, -0.15) is 0 Å². The highest BCUT2D eigenvalue weighted by Gasteiger charge is 2.29. The molecule has 2 aromatic heterocycles. The number of nitrogens with two attached hydrogens (primary N) is 1. The number of pyridine rings is 1. The number of hydrogen-bond acceptors (Lipinski definition) is 7. The monoisotopic (exact) mass is 542 g/mol. The van der Waals surface area contributed by atoms with E-state index >= 15 is 0 Å². The number of carbonyl (C=O) groups is 2. The zero-order valence-corrected chi connectivity index (χ0v) is 22.2. The topological polar surface area (TPSA) is 91.5 Å². The summed E-state index contributed by atoms with van der Waals surface area (Å²) in [5.74, 6) is -0.110. The minimum atomic E-state index is -0.525. The lowest BCUT2D eigenvalue weighted by Gasteiger charge is -2.16. The molecule has 0 amide bonds. The number of nitrogens with zero attached hydrogens (tertiary/aromatic N) is 1. The minimum Gasteiger partial charge on any atom is -0.497 e. The van der Waals surface area contributed by atoms with Crippen molar-refractivity contribution in [1.29, 1.82) is 0 Å². The van der Waals surface area contributed by atoms with Gasteiger partial charge in [0.25, 0.3) is 0 Å². The smallest absolute Gasteiger partial charge is 0.341 e. The van der Waals surface area contributed by atoms with Gasteiger partial charge in [-0.15, -0.1) is 11.3 Å². The summed E-state index contributed by atoms with van der Waals surface area (Å²) < 4.78 is 10.8. The Hall–Kier alpha value is -4.20. The Morgan fingerprint density at radius 1 is 0.947 bits per heavy atom. The van der Waals surface area contributed by atoms with Crippen LogP contribution in [0.4, 0.5) is 5.69 Å². The lowest BCUT2D eigenvalue weighted by atomic mass is 9.92. The third-order valence-electron chi connectivity index (χ3n) is 6.09. The lowest BCUT2D eigenvalue weighted by molar-refractivity contribution is 0.0528. The van der Waals surface area contributed by atoms with Crippen molar-refractivity contribution in [2.24, 2.45) is 0 Å². The highest BCUT2D eigenvalue weighted by molar-refractivity contribution is 7.21. The first-order valence-electron chi connectivity index (χ1n) is 11.9. The van der Waals surface area contributed by atoms with Gasteiger partial charge in [0.1, 0.15) is 15.5 Å². The fourth-order valence-electron chi connectivity index (χ4n) is 4.31. The van der Waals surface area contributed by atoms with E-state index in [2.05, 4.69) is 0 Å². The molecule has 0 spiro atoms. The number of benzene rings is 3. The summed E-state index contributed by atoms with van der Waals surface area (Å²) in [6, 6.07) is 23.4. The van der Waals surface area contributed by atoms with Crippen LogP contribution in [0.3, 0.4) is 0 Å². The fraction of sp³-hybridized carbons (Fsp3) is 0.100. The van der Waals surface area contributed by atoms with Crippen LogP contribution in [0, 0.1) is 0 Å². The Morgan fingerprint density at radius 2 is 1.63 bits per heavy atom. The molecule has 5 rings (SSSR count). The maximum absolute atomic E-state index is 13.5. The number of ether oxygens (including phenoxy) is 2. The zero-order valence-electron chi connectivity index (χ0n) is 20.7. The Bertz CT molecular complexity index is 1650. The molecular formula is C30H23ClN2O4S. The standard InChI is InChI=1S/C30H23ClN2O4S/c1-3-37-30(35)24-22(17-11-15-21(36-2)16-12-17)23-25(32)28(27(34)19-9-13-20(31)14-10-19)38-29(23)33-26(24)18-7-5-4-6-8-18/h4-16H,3,32H2,1-2H3. The molecule has 3 aromatic carbocycles. The largest absolute Gasteiger partial charge is 0.497 e. The summed E-state index contributed by atoms with van der Waals surface area (Å²) in [6.45, 7) is 1.94. The van der Waals surface area contributed by atoms with E-state index < -0.39 is 5.97 Å². The number of anilines is 1. The van der Waals surface area contributed by atoms with E-state index in [1.165, 1.54) is 11.3 Å². The lowest BCUT2D eigenvalue weighted by Crippen LogP contribution is -2.11. The van der Waals surface area contributed by atoms with E-state index in [1.807, 2.05) is 42.5 Å². The van der Waals surface area contributed by atoms with E-state index in [0.717, 1.165) is 5.56 Å². The molecule has 0 saturated carbocycles. The van der Waals surface area contributed by atoms with Crippen LogP contribution in [0.5, 0.6) is 5.75 Å².